The van der Waals surface area contributed by atoms with Gasteiger partial charge in [-0.15, -0.1) is 0 Å². The van der Waals surface area contributed by atoms with Gasteiger partial charge in [-0.1, -0.05) is 60.7 Å². The standard InChI is InChI=1S/C22H17N5/c1-2-6-16(7-3-1)14-27-22-20(13-25-27)21(23-15-24-22)26-19-11-10-17-8-4-5-9-18(17)12-19/h1-13,15H,14H2,(H,23,24,26). The minimum atomic E-state index is 0.677. The van der Waals surface area contributed by atoms with Gasteiger partial charge >= 0.3 is 0 Å². The molecule has 0 saturated heterocycles. The number of rotatable bonds is 4. The molecule has 0 amide bonds. The van der Waals surface area contributed by atoms with Crippen molar-refractivity contribution in [1.29, 1.82) is 0 Å². The molecule has 0 aliphatic rings. The number of nitrogens with one attached hydrogen (secondary N) is 1. The van der Waals surface area contributed by atoms with Crippen molar-refractivity contribution in [3.05, 3.63) is 90.9 Å². The topological polar surface area (TPSA) is 55.6 Å². The summed E-state index contributed by atoms with van der Waals surface area (Å²) in [6.45, 7) is 0.677. The maximum atomic E-state index is 4.52. The van der Waals surface area contributed by atoms with E-state index in [1.165, 1.54) is 16.3 Å². The van der Waals surface area contributed by atoms with E-state index in [2.05, 4.69) is 62.8 Å². The molecule has 0 unspecified atom stereocenters. The molecule has 0 aliphatic carbocycles. The zero-order valence-electron chi connectivity index (χ0n) is 14.6. The summed E-state index contributed by atoms with van der Waals surface area (Å²) in [6, 6.07) is 24.8. The van der Waals surface area contributed by atoms with Crippen LogP contribution in [0.1, 0.15) is 5.56 Å². The molecule has 0 atom stereocenters. The second-order valence-corrected chi connectivity index (χ2v) is 6.43. The Morgan fingerprint density at radius 2 is 1.63 bits per heavy atom. The zero-order chi connectivity index (χ0) is 18.1. The van der Waals surface area contributed by atoms with E-state index in [9.17, 15) is 0 Å². The average molecular weight is 351 g/mol. The van der Waals surface area contributed by atoms with E-state index in [0.29, 0.717) is 6.54 Å². The van der Waals surface area contributed by atoms with E-state index in [1.807, 2.05) is 41.2 Å². The Balaban J connectivity index is 1.50. The van der Waals surface area contributed by atoms with Gasteiger partial charge < -0.3 is 5.32 Å². The van der Waals surface area contributed by atoms with Crippen LogP contribution < -0.4 is 5.32 Å². The van der Waals surface area contributed by atoms with Gasteiger partial charge in [0.05, 0.1) is 18.1 Å². The van der Waals surface area contributed by atoms with Gasteiger partial charge in [-0.3, -0.25) is 0 Å². The van der Waals surface area contributed by atoms with Crippen LogP contribution in [0.3, 0.4) is 0 Å². The fraction of sp³-hybridized carbons (Fsp3) is 0.0455. The molecule has 5 aromatic rings. The molecule has 0 radical (unpaired) electrons. The molecule has 5 nitrogen and oxygen atoms in total. The summed E-state index contributed by atoms with van der Waals surface area (Å²) in [5.41, 5.74) is 2.99. The monoisotopic (exact) mass is 351 g/mol. The van der Waals surface area contributed by atoms with Gasteiger partial charge in [0, 0.05) is 5.69 Å². The Kier molecular flexibility index (Phi) is 3.76. The van der Waals surface area contributed by atoms with Crippen LogP contribution in [0.2, 0.25) is 0 Å². The third kappa shape index (κ3) is 3.00. The number of aromatic nitrogens is 4. The highest BCUT2D eigenvalue weighted by molar-refractivity contribution is 5.91. The summed E-state index contributed by atoms with van der Waals surface area (Å²) >= 11 is 0. The van der Waals surface area contributed by atoms with Crippen molar-refractivity contribution in [2.75, 3.05) is 5.32 Å². The van der Waals surface area contributed by atoms with Crippen molar-refractivity contribution in [2.45, 2.75) is 6.54 Å². The zero-order valence-corrected chi connectivity index (χ0v) is 14.6. The summed E-state index contributed by atoms with van der Waals surface area (Å²) in [6.07, 6.45) is 3.40. The maximum Gasteiger partial charge on any atom is 0.163 e. The van der Waals surface area contributed by atoms with E-state index >= 15 is 0 Å². The maximum absolute atomic E-state index is 4.52. The number of hydrogen-bond acceptors (Lipinski definition) is 4. The highest BCUT2D eigenvalue weighted by atomic mass is 15.3. The van der Waals surface area contributed by atoms with Crippen molar-refractivity contribution in [3.8, 4) is 0 Å². The van der Waals surface area contributed by atoms with Gasteiger partial charge in [0.15, 0.2) is 5.65 Å². The van der Waals surface area contributed by atoms with Crippen LogP contribution in [-0.4, -0.2) is 19.7 Å². The third-order valence-electron chi connectivity index (χ3n) is 4.62. The number of hydrogen-bond donors (Lipinski definition) is 1. The van der Waals surface area contributed by atoms with Crippen molar-refractivity contribution in [1.82, 2.24) is 19.7 Å². The van der Waals surface area contributed by atoms with E-state index in [-0.39, 0.29) is 0 Å². The van der Waals surface area contributed by atoms with Crippen LogP contribution >= 0.6 is 0 Å². The predicted octanol–water partition coefficient (Wildman–Crippen LogP) is 4.77. The van der Waals surface area contributed by atoms with Crippen molar-refractivity contribution in [2.24, 2.45) is 0 Å². The van der Waals surface area contributed by atoms with Crippen molar-refractivity contribution >= 4 is 33.3 Å². The summed E-state index contributed by atoms with van der Waals surface area (Å²) in [4.78, 5) is 8.87. The molecule has 0 fully saturated rings. The van der Waals surface area contributed by atoms with Gasteiger partial charge in [-0.25, -0.2) is 14.6 Å². The van der Waals surface area contributed by atoms with Crippen molar-refractivity contribution in [3.63, 3.8) is 0 Å². The quantitative estimate of drug-likeness (QED) is 0.507. The summed E-state index contributed by atoms with van der Waals surface area (Å²) in [5, 5.41) is 11.2. The number of fused-ring (bicyclic) bond motifs is 2. The molecule has 27 heavy (non-hydrogen) atoms. The van der Waals surface area contributed by atoms with Gasteiger partial charge in [0.1, 0.15) is 12.1 Å². The first-order chi connectivity index (χ1) is 13.4. The average Bonchev–Trinajstić information content (AvgIpc) is 3.13. The Hall–Kier alpha value is -3.73. The largest absolute Gasteiger partial charge is 0.339 e. The number of anilines is 2. The predicted molar refractivity (Wildman–Crippen MR) is 108 cm³/mol. The molecule has 0 bridgehead atoms. The highest BCUT2D eigenvalue weighted by Crippen LogP contribution is 2.25. The van der Waals surface area contributed by atoms with E-state index in [1.54, 1.807) is 6.33 Å². The highest BCUT2D eigenvalue weighted by Gasteiger charge is 2.10. The molecule has 2 aromatic heterocycles. The van der Waals surface area contributed by atoms with Crippen LogP contribution in [0, 0.1) is 0 Å². The minimum Gasteiger partial charge on any atom is -0.339 e. The smallest absolute Gasteiger partial charge is 0.163 e. The molecular formula is C22H17N5. The lowest BCUT2D eigenvalue weighted by Gasteiger charge is -2.08. The number of nitrogens with zero attached hydrogens (tertiary/aromatic N) is 4. The fourth-order valence-corrected chi connectivity index (χ4v) is 3.27. The van der Waals surface area contributed by atoms with Crippen LogP contribution in [-0.2, 0) is 6.54 Å². The first-order valence-electron chi connectivity index (χ1n) is 8.83. The van der Waals surface area contributed by atoms with Gasteiger partial charge in [0.25, 0.3) is 0 Å². The van der Waals surface area contributed by atoms with E-state index in [0.717, 1.165) is 22.5 Å². The van der Waals surface area contributed by atoms with Crippen LogP contribution in [0.5, 0.6) is 0 Å². The van der Waals surface area contributed by atoms with Gasteiger partial charge in [-0.05, 0) is 28.5 Å². The molecule has 5 rings (SSSR count). The normalized spacial score (nSPS) is 11.1. The first-order valence-corrected chi connectivity index (χ1v) is 8.83. The van der Waals surface area contributed by atoms with Crippen molar-refractivity contribution < 1.29 is 0 Å². The van der Waals surface area contributed by atoms with Crippen LogP contribution in [0.15, 0.2) is 85.3 Å². The molecule has 1 N–H and O–H groups in total. The lowest BCUT2D eigenvalue weighted by atomic mass is 10.1. The van der Waals surface area contributed by atoms with E-state index in [4.69, 9.17) is 0 Å². The van der Waals surface area contributed by atoms with Gasteiger partial charge in [-0.2, -0.15) is 5.10 Å². The first kappa shape index (κ1) is 15.5. The lowest BCUT2D eigenvalue weighted by Crippen LogP contribution is -2.03. The number of benzene rings is 3. The molecule has 2 heterocycles. The second kappa shape index (κ2) is 6.53. The Morgan fingerprint density at radius 1 is 0.815 bits per heavy atom. The van der Waals surface area contributed by atoms with E-state index < -0.39 is 0 Å². The fourth-order valence-electron chi connectivity index (χ4n) is 3.27. The molecule has 5 heteroatoms. The lowest BCUT2D eigenvalue weighted by molar-refractivity contribution is 0.704. The Labute approximate surface area is 156 Å². The molecule has 3 aromatic carbocycles. The summed E-state index contributed by atoms with van der Waals surface area (Å²) in [5.74, 6) is 0.759. The molecule has 0 saturated carbocycles. The Bertz CT molecular complexity index is 1230. The van der Waals surface area contributed by atoms with Gasteiger partial charge in [0.2, 0.25) is 0 Å². The second-order valence-electron chi connectivity index (χ2n) is 6.43. The molecule has 0 aliphatic heterocycles. The summed E-state index contributed by atoms with van der Waals surface area (Å²) in [7, 11) is 0. The minimum absolute atomic E-state index is 0.677. The molecule has 0 spiro atoms. The summed E-state index contributed by atoms with van der Waals surface area (Å²) < 4.78 is 1.90. The van der Waals surface area contributed by atoms with Crippen LogP contribution in [0.4, 0.5) is 11.5 Å². The molecule has 130 valence electrons. The SMILES string of the molecule is c1ccc(Cn2ncc3c(Nc4ccc5ccccc5c4)ncnc32)cc1. The van der Waals surface area contributed by atoms with Crippen LogP contribution in [0.25, 0.3) is 21.8 Å². The third-order valence-corrected chi connectivity index (χ3v) is 4.62. The molecular weight excluding hydrogens is 334 g/mol. The Morgan fingerprint density at radius 3 is 2.52 bits per heavy atom.